The van der Waals surface area contributed by atoms with Crippen LogP contribution in [0.3, 0.4) is 0 Å². The van der Waals surface area contributed by atoms with Crippen LogP contribution in [0, 0.1) is 12.0 Å². The third kappa shape index (κ3) is 14.0. The smallest absolute Gasteiger partial charge is 0.0836 e. The second-order valence-electron chi connectivity index (χ2n) is 5.59. The van der Waals surface area contributed by atoms with Crippen molar-refractivity contribution >= 4 is 0 Å². The van der Waals surface area contributed by atoms with Gasteiger partial charge in [-0.1, -0.05) is 66.2 Å². The van der Waals surface area contributed by atoms with Gasteiger partial charge in [-0.2, -0.15) is 0 Å². The van der Waals surface area contributed by atoms with Gasteiger partial charge in [-0.05, 0) is 11.8 Å². The zero-order valence-electron chi connectivity index (χ0n) is 11.1. The van der Waals surface area contributed by atoms with Gasteiger partial charge in [0.15, 0.2) is 0 Å². The monoisotopic (exact) mass is 213 g/mol. The highest BCUT2D eigenvalue weighted by Crippen LogP contribution is 2.14. The van der Waals surface area contributed by atoms with Gasteiger partial charge in [0.2, 0.25) is 0 Å². The quantitative estimate of drug-likeness (QED) is 0.492. The average molecular weight is 213 g/mol. The normalized spacial score (nSPS) is 12.0. The van der Waals surface area contributed by atoms with E-state index in [9.17, 15) is 0 Å². The van der Waals surface area contributed by atoms with Gasteiger partial charge in [0.05, 0.1) is 13.2 Å². The maximum Gasteiger partial charge on any atom is 0.0836 e. The lowest BCUT2D eigenvalue weighted by Crippen LogP contribution is -2.13. The summed E-state index contributed by atoms with van der Waals surface area (Å²) < 4.78 is 5.50. The van der Waals surface area contributed by atoms with E-state index >= 15 is 0 Å². The first-order valence-corrected chi connectivity index (χ1v) is 6.49. The summed E-state index contributed by atoms with van der Waals surface area (Å²) in [5.41, 5.74) is 0.289. The first-order chi connectivity index (χ1) is 7.06. The Balaban J connectivity index is 2.99. The van der Waals surface area contributed by atoms with E-state index < -0.39 is 0 Å². The third-order valence-corrected chi connectivity index (χ3v) is 2.31. The number of rotatable bonds is 9. The van der Waals surface area contributed by atoms with Crippen LogP contribution in [-0.4, -0.2) is 6.61 Å². The van der Waals surface area contributed by atoms with Crippen LogP contribution in [0.15, 0.2) is 0 Å². The molecular formula is C14H29O. The molecule has 0 aromatic heterocycles. The fourth-order valence-electron chi connectivity index (χ4n) is 1.40. The summed E-state index contributed by atoms with van der Waals surface area (Å²) >= 11 is 0. The topological polar surface area (TPSA) is 9.23 Å². The standard InChI is InChI=1S/C14H29O/c1-5-6-7-8-9-10-11-12-15-13-14(2,3)4/h12H,5-11,13H2,1-4H3. The summed E-state index contributed by atoms with van der Waals surface area (Å²) in [6, 6.07) is 0. The summed E-state index contributed by atoms with van der Waals surface area (Å²) in [5, 5.41) is 0. The van der Waals surface area contributed by atoms with Crippen molar-refractivity contribution in [3.8, 4) is 0 Å². The van der Waals surface area contributed by atoms with Gasteiger partial charge in [-0.3, -0.25) is 0 Å². The minimum absolute atomic E-state index is 0.289. The lowest BCUT2D eigenvalue weighted by Gasteiger charge is -2.17. The van der Waals surface area contributed by atoms with E-state index in [1.54, 1.807) is 0 Å². The first-order valence-electron chi connectivity index (χ1n) is 6.49. The van der Waals surface area contributed by atoms with Gasteiger partial charge in [-0.15, -0.1) is 0 Å². The van der Waals surface area contributed by atoms with Gasteiger partial charge in [0, 0.05) is 0 Å². The number of hydrogen-bond acceptors (Lipinski definition) is 1. The molecule has 0 N–H and O–H groups in total. The highest BCUT2D eigenvalue weighted by atomic mass is 16.5. The molecule has 1 radical (unpaired) electrons. The minimum Gasteiger partial charge on any atom is -0.375 e. The lowest BCUT2D eigenvalue weighted by atomic mass is 9.99. The number of unbranched alkanes of at least 4 members (excludes halogenated alkanes) is 6. The van der Waals surface area contributed by atoms with Crippen molar-refractivity contribution in [2.45, 2.75) is 72.6 Å². The third-order valence-electron chi connectivity index (χ3n) is 2.31. The Morgan fingerprint density at radius 3 is 2.13 bits per heavy atom. The number of ether oxygens (including phenoxy) is 1. The van der Waals surface area contributed by atoms with Crippen LogP contribution in [-0.2, 0) is 4.74 Å². The maximum absolute atomic E-state index is 5.50. The van der Waals surface area contributed by atoms with E-state index in [1.165, 1.54) is 38.5 Å². The van der Waals surface area contributed by atoms with E-state index in [0.29, 0.717) is 0 Å². The Morgan fingerprint density at radius 2 is 1.53 bits per heavy atom. The first kappa shape index (κ1) is 15.0. The molecule has 0 rings (SSSR count). The van der Waals surface area contributed by atoms with E-state index in [0.717, 1.165) is 13.0 Å². The molecule has 0 saturated carbocycles. The van der Waals surface area contributed by atoms with Gasteiger partial charge in [0.25, 0.3) is 0 Å². The van der Waals surface area contributed by atoms with Crippen molar-refractivity contribution in [3.63, 3.8) is 0 Å². The van der Waals surface area contributed by atoms with Gasteiger partial charge in [-0.25, -0.2) is 0 Å². The maximum atomic E-state index is 5.50. The molecule has 0 aliphatic rings. The summed E-state index contributed by atoms with van der Waals surface area (Å²) in [6.07, 6.45) is 9.27. The molecular weight excluding hydrogens is 184 g/mol. The van der Waals surface area contributed by atoms with Gasteiger partial charge >= 0.3 is 0 Å². The van der Waals surface area contributed by atoms with Crippen molar-refractivity contribution in [1.29, 1.82) is 0 Å². The summed E-state index contributed by atoms with van der Waals surface area (Å²) in [7, 11) is 0. The van der Waals surface area contributed by atoms with Crippen LogP contribution in [0.1, 0.15) is 72.6 Å². The molecule has 0 aliphatic carbocycles. The van der Waals surface area contributed by atoms with E-state index in [2.05, 4.69) is 27.7 Å². The van der Waals surface area contributed by atoms with E-state index in [1.807, 2.05) is 6.61 Å². The molecule has 0 spiro atoms. The second kappa shape index (κ2) is 9.21. The predicted octanol–water partition coefficient (Wildman–Crippen LogP) is 4.96. The highest BCUT2D eigenvalue weighted by Gasteiger charge is 2.09. The lowest BCUT2D eigenvalue weighted by molar-refractivity contribution is 0.113. The Labute approximate surface area is 96.6 Å². The van der Waals surface area contributed by atoms with Crippen molar-refractivity contribution < 1.29 is 4.74 Å². The Bertz CT molecular complexity index is 124. The van der Waals surface area contributed by atoms with Crippen LogP contribution in [0.5, 0.6) is 0 Å². The minimum atomic E-state index is 0.289. The fourth-order valence-corrected chi connectivity index (χ4v) is 1.40. The van der Waals surface area contributed by atoms with Crippen molar-refractivity contribution in [2.24, 2.45) is 5.41 Å². The molecule has 0 aromatic carbocycles. The molecule has 0 aliphatic heterocycles. The molecule has 0 bridgehead atoms. The van der Waals surface area contributed by atoms with Gasteiger partial charge in [0.1, 0.15) is 0 Å². The van der Waals surface area contributed by atoms with Crippen molar-refractivity contribution in [1.82, 2.24) is 0 Å². The molecule has 91 valence electrons. The van der Waals surface area contributed by atoms with Gasteiger partial charge < -0.3 is 4.74 Å². The van der Waals surface area contributed by atoms with Crippen LogP contribution >= 0.6 is 0 Å². The van der Waals surface area contributed by atoms with E-state index in [-0.39, 0.29) is 5.41 Å². The largest absolute Gasteiger partial charge is 0.375 e. The zero-order valence-corrected chi connectivity index (χ0v) is 11.1. The molecule has 0 heterocycles. The molecule has 1 heteroatoms. The number of hydrogen-bond donors (Lipinski definition) is 0. The molecule has 0 amide bonds. The Hall–Kier alpha value is -0.0400. The van der Waals surface area contributed by atoms with Crippen molar-refractivity contribution in [2.75, 3.05) is 6.61 Å². The summed E-state index contributed by atoms with van der Waals surface area (Å²) in [6.45, 7) is 11.7. The highest BCUT2D eigenvalue weighted by molar-refractivity contribution is 4.61. The molecule has 0 aromatic rings. The predicted molar refractivity (Wildman–Crippen MR) is 67.7 cm³/mol. The Morgan fingerprint density at radius 1 is 0.933 bits per heavy atom. The zero-order chi connectivity index (χ0) is 11.6. The van der Waals surface area contributed by atoms with Crippen LogP contribution in [0.25, 0.3) is 0 Å². The molecule has 0 fully saturated rings. The summed E-state index contributed by atoms with van der Waals surface area (Å²) in [4.78, 5) is 0. The van der Waals surface area contributed by atoms with Crippen LogP contribution in [0.2, 0.25) is 0 Å². The van der Waals surface area contributed by atoms with E-state index in [4.69, 9.17) is 4.74 Å². The Kier molecular flexibility index (Phi) is 9.18. The van der Waals surface area contributed by atoms with Crippen LogP contribution < -0.4 is 0 Å². The summed E-state index contributed by atoms with van der Waals surface area (Å²) in [5.74, 6) is 0. The second-order valence-corrected chi connectivity index (χ2v) is 5.59. The van der Waals surface area contributed by atoms with Crippen LogP contribution in [0.4, 0.5) is 0 Å². The molecule has 15 heavy (non-hydrogen) atoms. The SMILES string of the molecule is CCCCCCCC[CH]OCC(C)(C)C. The fraction of sp³-hybridized carbons (Fsp3) is 0.929. The molecule has 0 atom stereocenters. The molecule has 0 saturated heterocycles. The average Bonchev–Trinajstić information content (AvgIpc) is 2.14. The molecule has 1 nitrogen and oxygen atoms in total. The van der Waals surface area contributed by atoms with Crippen molar-refractivity contribution in [3.05, 3.63) is 6.61 Å². The molecule has 0 unspecified atom stereocenters.